The van der Waals surface area contributed by atoms with Crippen LogP contribution in [0.1, 0.15) is 0 Å². The third-order valence-electron chi connectivity index (χ3n) is 0. The molecule has 0 atom stereocenters. The van der Waals surface area contributed by atoms with Gasteiger partial charge in [-0.05, 0) is 0 Å². The number of hydrogen-bond acceptors (Lipinski definition) is 2. The van der Waals surface area contributed by atoms with Crippen LogP contribution in [0.15, 0.2) is 5.22 Å². The average molecular weight is 164 g/mol. The molecule has 0 amide bonds. The van der Waals surface area contributed by atoms with Gasteiger partial charge in [-0.15, -0.1) is 0 Å². The van der Waals surface area contributed by atoms with Crippen molar-refractivity contribution in [3.63, 3.8) is 0 Å². The first-order valence-electron chi connectivity index (χ1n) is 0.482. The molecule has 3 N–H and O–H groups in total. The Morgan fingerprint density at radius 1 is 1.75 bits per heavy atom. The third-order valence-corrected chi connectivity index (χ3v) is 0. The van der Waals surface area contributed by atoms with Crippen molar-refractivity contribution in [2.45, 2.75) is 0 Å². The molecule has 0 unspecified atom stereocenters. The van der Waals surface area contributed by atoms with Crippen LogP contribution in [-0.2, 0) is 0 Å². The zero-order valence-corrected chi connectivity index (χ0v) is 4.88. The van der Waals surface area contributed by atoms with Crippen LogP contribution in [0.5, 0.6) is 0 Å². The van der Waals surface area contributed by atoms with Crippen LogP contribution < -0.4 is 5.84 Å². The summed E-state index contributed by atoms with van der Waals surface area (Å²) in [4.78, 5) is 0. The van der Waals surface area contributed by atoms with Gasteiger partial charge in [0.15, 0.2) is 0 Å². The van der Waals surface area contributed by atoms with E-state index in [1.807, 2.05) is 0 Å². The molecule has 0 aromatic heterocycles. The molecule has 0 aromatic rings. The molecular formula is H3N3Sn. The maximum Gasteiger partial charge on any atom is 0 e. The molecule has 0 bridgehead atoms. The second-order valence-electron chi connectivity index (χ2n) is 0.129. The minimum Gasteiger partial charge on any atom is -0.305 e. The maximum atomic E-state index is 5.61. The number of nitrogens with one attached hydrogen (secondary N) is 1. The Morgan fingerprint density at radius 2 is 1.75 bits per heavy atom. The van der Waals surface area contributed by atoms with Gasteiger partial charge in [-0.25, -0.2) is 0 Å². The number of nitrogens with zero attached hydrogens (tertiary/aromatic N) is 1. The van der Waals surface area contributed by atoms with Gasteiger partial charge >= 0.3 is 0 Å². The molecule has 0 aliphatic rings. The van der Waals surface area contributed by atoms with Gasteiger partial charge in [0.1, 0.15) is 0 Å². The van der Waals surface area contributed by atoms with Crippen LogP contribution in [0.2, 0.25) is 0 Å². The SMILES string of the molecule is N=NN.[Sn]. The van der Waals surface area contributed by atoms with Crippen molar-refractivity contribution in [3.05, 3.63) is 0 Å². The normalized spacial score (nSPS) is 3.00. The molecule has 0 spiro atoms. The molecule has 22 valence electrons. The number of rotatable bonds is 0. The van der Waals surface area contributed by atoms with Gasteiger partial charge in [-0.1, -0.05) is 5.22 Å². The average Bonchev–Trinajstić information content (AvgIpc) is 0.918. The maximum absolute atomic E-state index is 5.61. The zero-order chi connectivity index (χ0) is 2.71. The first kappa shape index (κ1) is 8.89. The minimum absolute atomic E-state index is 0. The van der Waals surface area contributed by atoms with Gasteiger partial charge in [0, 0.05) is 23.9 Å². The van der Waals surface area contributed by atoms with E-state index in [1.165, 1.54) is 0 Å². The first-order chi connectivity index (χ1) is 1.41. The Labute approximate surface area is 41.0 Å². The van der Waals surface area contributed by atoms with Gasteiger partial charge < -0.3 is 5.84 Å². The Balaban J connectivity index is 0. The van der Waals surface area contributed by atoms with E-state index in [1.54, 1.807) is 0 Å². The van der Waals surface area contributed by atoms with E-state index in [2.05, 4.69) is 11.1 Å². The summed E-state index contributed by atoms with van der Waals surface area (Å²) in [5, 5.41) is 2.25. The molecule has 0 saturated carbocycles. The van der Waals surface area contributed by atoms with Crippen LogP contribution in [0, 0.1) is 5.53 Å². The van der Waals surface area contributed by atoms with Crippen molar-refractivity contribution in [2.24, 2.45) is 11.1 Å². The van der Waals surface area contributed by atoms with Gasteiger partial charge in [-0.3, -0.25) is 0 Å². The number of hydrogen-bond donors (Lipinski definition) is 2. The van der Waals surface area contributed by atoms with Crippen LogP contribution in [0.3, 0.4) is 0 Å². The molecule has 3 nitrogen and oxygen atoms in total. The van der Waals surface area contributed by atoms with E-state index in [9.17, 15) is 0 Å². The monoisotopic (exact) mass is 165 g/mol. The minimum atomic E-state index is 0. The molecule has 0 aliphatic heterocycles. The molecule has 0 rings (SSSR count). The van der Waals surface area contributed by atoms with E-state index >= 15 is 0 Å². The predicted octanol–water partition coefficient (Wildman–Crippen LogP) is -0.490. The van der Waals surface area contributed by atoms with E-state index in [4.69, 9.17) is 5.53 Å². The van der Waals surface area contributed by atoms with E-state index in [0.717, 1.165) is 0 Å². The van der Waals surface area contributed by atoms with E-state index in [0.29, 0.717) is 0 Å². The summed E-state index contributed by atoms with van der Waals surface area (Å²) < 4.78 is 0. The Kier molecular flexibility index (Phi) is 23.9. The summed E-state index contributed by atoms with van der Waals surface area (Å²) in [6.45, 7) is 0. The molecule has 4 heteroatoms. The topological polar surface area (TPSA) is 62.2 Å². The van der Waals surface area contributed by atoms with Crippen LogP contribution in [-0.4, -0.2) is 23.9 Å². The zero-order valence-electron chi connectivity index (χ0n) is 2.02. The largest absolute Gasteiger partial charge is 0.305 e. The number of nitrogens with two attached hydrogens (primary N) is 1. The smallest absolute Gasteiger partial charge is 0 e. The summed E-state index contributed by atoms with van der Waals surface area (Å²) in [6, 6.07) is 0. The second-order valence-corrected chi connectivity index (χ2v) is 0.129. The molecule has 0 saturated heterocycles. The van der Waals surface area contributed by atoms with Crippen molar-refractivity contribution >= 4 is 23.9 Å². The van der Waals surface area contributed by atoms with Crippen LogP contribution >= 0.6 is 0 Å². The summed E-state index contributed by atoms with van der Waals surface area (Å²) in [6.07, 6.45) is 0. The Bertz CT molecular complexity index is 10.8. The van der Waals surface area contributed by atoms with Crippen molar-refractivity contribution in [3.8, 4) is 0 Å². The molecule has 0 heterocycles. The summed E-state index contributed by atoms with van der Waals surface area (Å²) in [7, 11) is 0. The molecule has 4 heavy (non-hydrogen) atoms. The third kappa shape index (κ3) is 80.0. The van der Waals surface area contributed by atoms with Gasteiger partial charge in [0.05, 0.1) is 0 Å². The molecular weight excluding hydrogens is 161 g/mol. The summed E-state index contributed by atoms with van der Waals surface area (Å²) >= 11 is 0. The second kappa shape index (κ2) is 10.8. The van der Waals surface area contributed by atoms with Crippen molar-refractivity contribution < 1.29 is 0 Å². The summed E-state index contributed by atoms with van der Waals surface area (Å²) in [5.74, 6) is 4.14. The summed E-state index contributed by atoms with van der Waals surface area (Å²) in [5.41, 5.74) is 5.61. The van der Waals surface area contributed by atoms with Crippen molar-refractivity contribution in [1.29, 1.82) is 5.53 Å². The first-order valence-corrected chi connectivity index (χ1v) is 0.482. The quantitative estimate of drug-likeness (QED) is 0.215. The standard InChI is InChI=1S/H3N3.Sn/c1-3-2;/h(H3,1,2);. The van der Waals surface area contributed by atoms with Crippen LogP contribution in [0.25, 0.3) is 0 Å². The fourth-order valence-electron chi connectivity index (χ4n) is 0. The molecule has 0 aromatic carbocycles. The van der Waals surface area contributed by atoms with Gasteiger partial charge in [0.2, 0.25) is 0 Å². The Morgan fingerprint density at radius 3 is 1.75 bits per heavy atom. The molecule has 0 fully saturated rings. The van der Waals surface area contributed by atoms with Crippen LogP contribution in [0.4, 0.5) is 0 Å². The molecule has 0 aliphatic carbocycles. The van der Waals surface area contributed by atoms with Gasteiger partial charge in [0.25, 0.3) is 0 Å². The molecule has 4 radical (unpaired) electrons. The van der Waals surface area contributed by atoms with E-state index in [-0.39, 0.29) is 23.9 Å². The van der Waals surface area contributed by atoms with Crippen molar-refractivity contribution in [2.75, 3.05) is 0 Å². The fraction of sp³-hybridized carbons (Fsp3) is 0. The van der Waals surface area contributed by atoms with E-state index < -0.39 is 0 Å². The predicted molar refractivity (Wildman–Crippen MR) is 15.1 cm³/mol. The van der Waals surface area contributed by atoms with Gasteiger partial charge in [-0.2, -0.15) is 5.53 Å². The Hall–Kier alpha value is 0.199. The van der Waals surface area contributed by atoms with Crippen molar-refractivity contribution in [1.82, 2.24) is 0 Å². The fourth-order valence-corrected chi connectivity index (χ4v) is 0.